The highest BCUT2D eigenvalue weighted by Gasteiger charge is 2.28. The van der Waals surface area contributed by atoms with Crippen LogP contribution in [0.3, 0.4) is 0 Å². The van der Waals surface area contributed by atoms with Gasteiger partial charge in [-0.3, -0.25) is 9.59 Å². The van der Waals surface area contributed by atoms with E-state index in [9.17, 15) is 9.59 Å². The molecule has 7 nitrogen and oxygen atoms in total. The normalized spacial score (nSPS) is 13.4. The molecule has 1 aromatic carbocycles. The van der Waals surface area contributed by atoms with Gasteiger partial charge in [-0.15, -0.1) is 0 Å². The molecule has 1 fully saturated rings. The van der Waals surface area contributed by atoms with Crippen LogP contribution in [0.2, 0.25) is 0 Å². The molecule has 0 saturated heterocycles. The summed E-state index contributed by atoms with van der Waals surface area (Å²) in [5, 5.41) is 15.3. The third-order valence-corrected chi connectivity index (χ3v) is 3.93. The molecule has 0 aliphatic heterocycles. The topological polar surface area (TPSA) is 102 Å². The highest BCUT2D eigenvalue weighted by atomic mass is 16.5. The van der Waals surface area contributed by atoms with Crippen molar-refractivity contribution >= 4 is 11.9 Å². The number of carboxylic acid groups (broad SMARTS) is 1. The van der Waals surface area contributed by atoms with Crippen LogP contribution in [0.15, 0.2) is 34.9 Å². The summed E-state index contributed by atoms with van der Waals surface area (Å²) in [7, 11) is 0. The summed E-state index contributed by atoms with van der Waals surface area (Å²) in [6, 6.07) is 9.00. The lowest BCUT2D eigenvalue weighted by Crippen LogP contribution is -2.22. The van der Waals surface area contributed by atoms with Gasteiger partial charge in [0, 0.05) is 24.9 Å². The number of carboxylic acids is 1. The standard InChI is InChI=1S/C18H20N2O5/c21-17(22)2-1-9-24-14-7-3-12(4-8-14)11-19-18(23)16-10-15(20-25-16)13-5-6-13/h3-4,7-8,10,13H,1-2,5-6,9,11H2,(H,19,23)(H,21,22). The number of aliphatic carboxylic acids is 1. The molecular weight excluding hydrogens is 324 g/mol. The molecule has 0 radical (unpaired) electrons. The number of nitrogens with one attached hydrogen (secondary N) is 1. The quantitative estimate of drug-likeness (QED) is 0.678. The van der Waals surface area contributed by atoms with Crippen molar-refractivity contribution in [2.75, 3.05) is 6.61 Å². The van der Waals surface area contributed by atoms with Crippen molar-refractivity contribution in [1.82, 2.24) is 10.5 Å². The highest BCUT2D eigenvalue weighted by molar-refractivity contribution is 5.91. The van der Waals surface area contributed by atoms with E-state index in [1.165, 1.54) is 0 Å². The van der Waals surface area contributed by atoms with Crippen LogP contribution in [0.25, 0.3) is 0 Å². The molecule has 0 bridgehead atoms. The first-order valence-electron chi connectivity index (χ1n) is 8.30. The Hall–Kier alpha value is -2.83. The fourth-order valence-electron chi connectivity index (χ4n) is 2.35. The van der Waals surface area contributed by atoms with Crippen molar-refractivity contribution in [3.05, 3.63) is 47.3 Å². The van der Waals surface area contributed by atoms with Crippen molar-refractivity contribution < 1.29 is 24.0 Å². The lowest BCUT2D eigenvalue weighted by atomic mass is 10.2. The van der Waals surface area contributed by atoms with Gasteiger partial charge in [-0.1, -0.05) is 17.3 Å². The number of rotatable bonds is 9. The lowest BCUT2D eigenvalue weighted by Gasteiger charge is -2.07. The summed E-state index contributed by atoms with van der Waals surface area (Å²) in [6.07, 6.45) is 2.78. The zero-order chi connectivity index (χ0) is 17.6. The Morgan fingerprint density at radius 2 is 2.04 bits per heavy atom. The first-order chi connectivity index (χ1) is 12.1. The summed E-state index contributed by atoms with van der Waals surface area (Å²) in [6.45, 7) is 0.731. The van der Waals surface area contributed by atoms with Gasteiger partial charge in [0.1, 0.15) is 5.75 Å². The van der Waals surface area contributed by atoms with Crippen LogP contribution >= 0.6 is 0 Å². The van der Waals surface area contributed by atoms with Gasteiger partial charge in [0.15, 0.2) is 0 Å². The largest absolute Gasteiger partial charge is 0.494 e. The predicted molar refractivity (Wildman–Crippen MR) is 88.5 cm³/mol. The third-order valence-electron chi connectivity index (χ3n) is 3.93. The van der Waals surface area contributed by atoms with Crippen LogP contribution < -0.4 is 10.1 Å². The van der Waals surface area contributed by atoms with E-state index in [4.69, 9.17) is 14.4 Å². The second-order valence-corrected chi connectivity index (χ2v) is 6.06. The minimum absolute atomic E-state index is 0.0915. The van der Waals surface area contributed by atoms with Crippen molar-refractivity contribution in [2.45, 2.75) is 38.1 Å². The minimum atomic E-state index is -0.828. The van der Waals surface area contributed by atoms with E-state index in [0.717, 1.165) is 24.1 Å². The Morgan fingerprint density at radius 1 is 1.28 bits per heavy atom. The number of carbonyl (C=O) groups is 2. The molecule has 0 spiro atoms. The minimum Gasteiger partial charge on any atom is -0.494 e. The van der Waals surface area contributed by atoms with E-state index in [-0.39, 0.29) is 18.1 Å². The number of amides is 1. The van der Waals surface area contributed by atoms with E-state index >= 15 is 0 Å². The molecule has 1 aliphatic carbocycles. The second-order valence-electron chi connectivity index (χ2n) is 6.06. The van der Waals surface area contributed by atoms with Crippen LogP contribution in [-0.2, 0) is 11.3 Å². The monoisotopic (exact) mass is 344 g/mol. The van der Waals surface area contributed by atoms with Gasteiger partial charge in [0.2, 0.25) is 5.76 Å². The van der Waals surface area contributed by atoms with Crippen molar-refractivity contribution in [1.29, 1.82) is 0 Å². The number of carbonyl (C=O) groups excluding carboxylic acids is 1. The second kappa shape index (κ2) is 7.83. The van der Waals surface area contributed by atoms with Gasteiger partial charge in [-0.25, -0.2) is 0 Å². The van der Waals surface area contributed by atoms with E-state index in [1.807, 2.05) is 12.1 Å². The summed E-state index contributed by atoms with van der Waals surface area (Å²) in [5.41, 5.74) is 1.78. The Balaban J connectivity index is 1.43. The summed E-state index contributed by atoms with van der Waals surface area (Å²) in [5.74, 6) is 0.248. The first-order valence-corrected chi connectivity index (χ1v) is 8.30. The SMILES string of the molecule is O=C(O)CCCOc1ccc(CNC(=O)c2cc(C3CC3)no2)cc1. The third kappa shape index (κ3) is 5.07. The molecule has 3 rings (SSSR count). The molecule has 0 unspecified atom stereocenters. The predicted octanol–water partition coefficient (Wildman–Crippen LogP) is 2.73. The fourth-order valence-corrected chi connectivity index (χ4v) is 2.35. The van der Waals surface area contributed by atoms with Crippen LogP contribution in [0.4, 0.5) is 0 Å². The smallest absolute Gasteiger partial charge is 0.303 e. The van der Waals surface area contributed by atoms with Gasteiger partial charge in [-0.05, 0) is 37.0 Å². The molecule has 7 heteroatoms. The van der Waals surface area contributed by atoms with E-state index in [1.54, 1.807) is 18.2 Å². The number of hydrogen-bond donors (Lipinski definition) is 2. The molecule has 1 amide bonds. The zero-order valence-corrected chi connectivity index (χ0v) is 13.7. The van der Waals surface area contributed by atoms with Crippen molar-refractivity contribution in [2.24, 2.45) is 0 Å². The van der Waals surface area contributed by atoms with Crippen molar-refractivity contribution in [3.63, 3.8) is 0 Å². The van der Waals surface area contributed by atoms with Crippen molar-refractivity contribution in [3.8, 4) is 5.75 Å². The van der Waals surface area contributed by atoms with E-state index in [2.05, 4.69) is 10.5 Å². The number of ether oxygens (including phenoxy) is 1. The first kappa shape index (κ1) is 17.0. The van der Waals surface area contributed by atoms with Gasteiger partial charge in [-0.2, -0.15) is 0 Å². The Labute approximate surface area is 145 Å². The zero-order valence-electron chi connectivity index (χ0n) is 13.7. The Kier molecular flexibility index (Phi) is 5.33. The molecule has 1 heterocycles. The molecule has 0 atom stereocenters. The molecule has 1 saturated carbocycles. The molecule has 2 N–H and O–H groups in total. The van der Waals surface area contributed by atoms with Gasteiger partial charge < -0.3 is 19.7 Å². The van der Waals surface area contributed by atoms with E-state index < -0.39 is 5.97 Å². The maximum Gasteiger partial charge on any atom is 0.303 e. The number of aromatic nitrogens is 1. The van der Waals surface area contributed by atoms with Gasteiger partial charge in [0.25, 0.3) is 5.91 Å². The van der Waals surface area contributed by atoms with Crippen LogP contribution in [0.5, 0.6) is 5.75 Å². The maximum absolute atomic E-state index is 12.1. The number of nitrogens with zero attached hydrogens (tertiary/aromatic N) is 1. The van der Waals surface area contributed by atoms with Gasteiger partial charge >= 0.3 is 5.97 Å². The average Bonchev–Trinajstić information content (AvgIpc) is 3.34. The van der Waals surface area contributed by atoms with Crippen LogP contribution in [0.1, 0.15) is 53.4 Å². The average molecular weight is 344 g/mol. The molecule has 25 heavy (non-hydrogen) atoms. The van der Waals surface area contributed by atoms with Gasteiger partial charge in [0.05, 0.1) is 12.3 Å². The molecule has 1 aromatic heterocycles. The van der Waals surface area contributed by atoms with Crippen LogP contribution in [-0.4, -0.2) is 28.7 Å². The molecular formula is C18H20N2O5. The fraction of sp³-hybridized carbons (Fsp3) is 0.389. The summed E-state index contributed by atoms with van der Waals surface area (Å²) in [4.78, 5) is 22.5. The highest BCUT2D eigenvalue weighted by Crippen LogP contribution is 2.39. The molecule has 1 aliphatic rings. The molecule has 132 valence electrons. The lowest BCUT2D eigenvalue weighted by molar-refractivity contribution is -0.137. The summed E-state index contributed by atoms with van der Waals surface area (Å²) < 4.78 is 10.5. The van der Waals surface area contributed by atoms with E-state index in [0.29, 0.717) is 31.2 Å². The maximum atomic E-state index is 12.1. The van der Waals surface area contributed by atoms with Crippen LogP contribution in [0, 0.1) is 0 Å². The molecule has 2 aromatic rings. The summed E-state index contributed by atoms with van der Waals surface area (Å²) >= 11 is 0. The number of benzene rings is 1. The Bertz CT molecular complexity index is 734. The number of hydrogen-bond acceptors (Lipinski definition) is 5. The Morgan fingerprint density at radius 3 is 2.72 bits per heavy atom.